The average Bonchev–Trinajstić information content (AvgIpc) is 2.49. The predicted octanol–water partition coefficient (Wildman–Crippen LogP) is 2.96. The van der Waals surface area contributed by atoms with Crippen molar-refractivity contribution >= 4 is 0 Å². The molecule has 1 unspecified atom stereocenters. The molecule has 1 fully saturated rings. The fourth-order valence-corrected chi connectivity index (χ4v) is 3.02. The summed E-state index contributed by atoms with van der Waals surface area (Å²) in [6.45, 7) is 3.17. The molecule has 3 heteroatoms. The highest BCUT2D eigenvalue weighted by atomic mass is 16.5. The number of piperidine rings is 1. The summed E-state index contributed by atoms with van der Waals surface area (Å²) in [6.07, 6.45) is 6.19. The van der Waals surface area contributed by atoms with Crippen molar-refractivity contribution in [2.45, 2.75) is 38.1 Å². The van der Waals surface area contributed by atoms with Crippen LogP contribution < -0.4 is 10.5 Å². The molecule has 0 aliphatic carbocycles. The molecule has 0 aromatic heterocycles. The van der Waals surface area contributed by atoms with Crippen molar-refractivity contribution in [1.29, 1.82) is 0 Å². The Hall–Kier alpha value is -1.06. The summed E-state index contributed by atoms with van der Waals surface area (Å²) in [5, 5.41) is 0. The van der Waals surface area contributed by atoms with Gasteiger partial charge in [-0.1, -0.05) is 24.6 Å². The van der Waals surface area contributed by atoms with E-state index in [2.05, 4.69) is 23.1 Å². The van der Waals surface area contributed by atoms with Gasteiger partial charge in [-0.05, 0) is 51.4 Å². The number of benzene rings is 1. The van der Waals surface area contributed by atoms with Gasteiger partial charge in [-0.3, -0.25) is 4.90 Å². The van der Waals surface area contributed by atoms with Crippen LogP contribution in [-0.4, -0.2) is 31.6 Å². The Kier molecular flexibility index (Phi) is 5.67. The standard InChI is InChI=1S/C16H26N2O/c1-19-16-10-4-3-8-14(16)15(9-7-11-17)18-12-5-2-6-13-18/h3-4,8,10,15H,2,5-7,9,11-13,17H2,1H3. The molecule has 1 aromatic carbocycles. The van der Waals surface area contributed by atoms with Crippen molar-refractivity contribution in [3.63, 3.8) is 0 Å². The summed E-state index contributed by atoms with van der Waals surface area (Å²) < 4.78 is 5.54. The van der Waals surface area contributed by atoms with Crippen LogP contribution in [-0.2, 0) is 0 Å². The molecule has 19 heavy (non-hydrogen) atoms. The molecule has 106 valence electrons. The SMILES string of the molecule is COc1ccccc1C(CCCN)N1CCCCC1. The van der Waals surface area contributed by atoms with Crippen LogP contribution in [0.2, 0.25) is 0 Å². The lowest BCUT2D eigenvalue weighted by Gasteiger charge is -2.35. The zero-order chi connectivity index (χ0) is 13.5. The topological polar surface area (TPSA) is 38.5 Å². The predicted molar refractivity (Wildman–Crippen MR) is 79.4 cm³/mol. The lowest BCUT2D eigenvalue weighted by atomic mass is 9.97. The summed E-state index contributed by atoms with van der Waals surface area (Å²) >= 11 is 0. The lowest BCUT2D eigenvalue weighted by molar-refractivity contribution is 0.152. The first kappa shape index (κ1) is 14.4. The molecule has 1 aliphatic rings. The molecule has 2 N–H and O–H groups in total. The van der Waals surface area contributed by atoms with Crippen LogP contribution in [0.5, 0.6) is 5.75 Å². The quantitative estimate of drug-likeness (QED) is 0.856. The first-order valence-electron chi connectivity index (χ1n) is 7.44. The van der Waals surface area contributed by atoms with E-state index in [0.717, 1.165) is 25.1 Å². The van der Waals surface area contributed by atoms with Gasteiger partial charge < -0.3 is 10.5 Å². The van der Waals surface area contributed by atoms with E-state index >= 15 is 0 Å². The first-order chi connectivity index (χ1) is 9.36. The Morgan fingerprint density at radius 3 is 2.63 bits per heavy atom. The number of para-hydroxylation sites is 1. The second kappa shape index (κ2) is 7.51. The van der Waals surface area contributed by atoms with Crippen LogP contribution >= 0.6 is 0 Å². The minimum atomic E-state index is 0.458. The van der Waals surface area contributed by atoms with E-state index in [1.807, 2.05) is 6.07 Å². The number of rotatable bonds is 6. The third-order valence-electron chi connectivity index (χ3n) is 4.01. The average molecular weight is 262 g/mol. The van der Waals surface area contributed by atoms with E-state index < -0.39 is 0 Å². The van der Waals surface area contributed by atoms with Crippen LogP contribution in [0.1, 0.15) is 43.7 Å². The number of ether oxygens (including phenoxy) is 1. The zero-order valence-corrected chi connectivity index (χ0v) is 12.0. The van der Waals surface area contributed by atoms with Crippen LogP contribution in [0.25, 0.3) is 0 Å². The second-order valence-electron chi connectivity index (χ2n) is 5.29. The molecule has 3 nitrogen and oxygen atoms in total. The minimum absolute atomic E-state index is 0.458. The molecule has 2 rings (SSSR count). The number of nitrogens with zero attached hydrogens (tertiary/aromatic N) is 1. The highest BCUT2D eigenvalue weighted by Gasteiger charge is 2.24. The molecular weight excluding hydrogens is 236 g/mol. The Bertz CT molecular complexity index is 375. The molecule has 1 aliphatic heterocycles. The van der Waals surface area contributed by atoms with Crippen molar-refractivity contribution in [1.82, 2.24) is 4.90 Å². The summed E-state index contributed by atoms with van der Waals surface area (Å²) in [7, 11) is 1.76. The molecule has 1 atom stereocenters. The number of hydrogen-bond acceptors (Lipinski definition) is 3. The number of likely N-dealkylation sites (tertiary alicyclic amines) is 1. The van der Waals surface area contributed by atoms with Crippen LogP contribution in [0.15, 0.2) is 24.3 Å². The van der Waals surface area contributed by atoms with E-state index in [-0.39, 0.29) is 0 Å². The van der Waals surface area contributed by atoms with E-state index in [0.29, 0.717) is 6.04 Å². The van der Waals surface area contributed by atoms with Gasteiger partial charge in [0.15, 0.2) is 0 Å². The van der Waals surface area contributed by atoms with Gasteiger partial charge in [0.2, 0.25) is 0 Å². The van der Waals surface area contributed by atoms with Crippen LogP contribution in [0.4, 0.5) is 0 Å². The summed E-state index contributed by atoms with van der Waals surface area (Å²) in [4.78, 5) is 2.61. The third kappa shape index (κ3) is 3.71. The van der Waals surface area contributed by atoms with Crippen LogP contribution in [0.3, 0.4) is 0 Å². The van der Waals surface area contributed by atoms with Crippen LogP contribution in [0, 0.1) is 0 Å². The van der Waals surface area contributed by atoms with Gasteiger partial charge in [-0.15, -0.1) is 0 Å². The fraction of sp³-hybridized carbons (Fsp3) is 0.625. The Labute approximate surface area is 116 Å². The molecule has 1 saturated heterocycles. The maximum atomic E-state index is 5.71. The zero-order valence-electron chi connectivity index (χ0n) is 12.0. The van der Waals surface area contributed by atoms with Gasteiger partial charge in [0, 0.05) is 11.6 Å². The van der Waals surface area contributed by atoms with Crippen molar-refractivity contribution in [3.8, 4) is 5.75 Å². The van der Waals surface area contributed by atoms with Gasteiger partial charge in [-0.2, -0.15) is 0 Å². The first-order valence-corrected chi connectivity index (χ1v) is 7.44. The molecule has 0 radical (unpaired) electrons. The Balaban J connectivity index is 2.19. The van der Waals surface area contributed by atoms with E-state index in [1.165, 1.54) is 37.9 Å². The normalized spacial score (nSPS) is 18.2. The van der Waals surface area contributed by atoms with Gasteiger partial charge in [-0.25, -0.2) is 0 Å². The molecular formula is C16H26N2O. The van der Waals surface area contributed by atoms with E-state index in [9.17, 15) is 0 Å². The number of hydrogen-bond donors (Lipinski definition) is 1. The molecule has 0 bridgehead atoms. The van der Waals surface area contributed by atoms with Crippen molar-refractivity contribution < 1.29 is 4.74 Å². The van der Waals surface area contributed by atoms with Crippen molar-refractivity contribution in [3.05, 3.63) is 29.8 Å². The highest BCUT2D eigenvalue weighted by molar-refractivity contribution is 5.36. The Morgan fingerprint density at radius 1 is 1.21 bits per heavy atom. The van der Waals surface area contributed by atoms with Gasteiger partial charge in [0.05, 0.1) is 7.11 Å². The van der Waals surface area contributed by atoms with E-state index in [4.69, 9.17) is 10.5 Å². The number of nitrogens with two attached hydrogens (primary N) is 1. The highest BCUT2D eigenvalue weighted by Crippen LogP contribution is 2.34. The molecule has 1 aromatic rings. The van der Waals surface area contributed by atoms with Gasteiger partial charge >= 0.3 is 0 Å². The largest absolute Gasteiger partial charge is 0.496 e. The second-order valence-corrected chi connectivity index (χ2v) is 5.29. The monoisotopic (exact) mass is 262 g/mol. The molecule has 0 amide bonds. The number of methoxy groups -OCH3 is 1. The molecule has 0 saturated carbocycles. The lowest BCUT2D eigenvalue weighted by Crippen LogP contribution is -2.34. The summed E-state index contributed by atoms with van der Waals surface area (Å²) in [5.74, 6) is 1.01. The summed E-state index contributed by atoms with van der Waals surface area (Å²) in [6, 6.07) is 8.87. The molecule has 1 heterocycles. The van der Waals surface area contributed by atoms with E-state index in [1.54, 1.807) is 7.11 Å². The van der Waals surface area contributed by atoms with Crippen molar-refractivity contribution in [2.24, 2.45) is 5.73 Å². The molecule has 0 spiro atoms. The summed E-state index contributed by atoms with van der Waals surface area (Å²) in [5.41, 5.74) is 7.02. The Morgan fingerprint density at radius 2 is 1.95 bits per heavy atom. The maximum absolute atomic E-state index is 5.71. The smallest absolute Gasteiger partial charge is 0.123 e. The van der Waals surface area contributed by atoms with Crippen molar-refractivity contribution in [2.75, 3.05) is 26.7 Å². The minimum Gasteiger partial charge on any atom is -0.496 e. The maximum Gasteiger partial charge on any atom is 0.123 e. The third-order valence-corrected chi connectivity index (χ3v) is 4.01. The van der Waals surface area contributed by atoms with Gasteiger partial charge in [0.25, 0.3) is 0 Å². The van der Waals surface area contributed by atoms with Gasteiger partial charge in [0.1, 0.15) is 5.75 Å². The fourth-order valence-electron chi connectivity index (χ4n) is 3.02.